The summed E-state index contributed by atoms with van der Waals surface area (Å²) in [7, 11) is 0. The second kappa shape index (κ2) is 6.22. The summed E-state index contributed by atoms with van der Waals surface area (Å²) < 4.78 is 2.09. The third kappa shape index (κ3) is 3.25. The summed E-state index contributed by atoms with van der Waals surface area (Å²) in [5.41, 5.74) is 0. The lowest BCUT2D eigenvalue weighted by atomic mass is 9.83. The van der Waals surface area contributed by atoms with Crippen LogP contribution in [0.15, 0.2) is 5.16 Å². The summed E-state index contributed by atoms with van der Waals surface area (Å²) in [4.78, 5) is 10.6. The Morgan fingerprint density at radius 3 is 2.83 bits per heavy atom. The first-order valence-corrected chi connectivity index (χ1v) is 7.46. The fraction of sp³-hybridized carbons (Fsp3) is 0.750. The number of rotatable bonds is 7. The van der Waals surface area contributed by atoms with E-state index in [4.69, 9.17) is 5.11 Å². The Bertz CT molecular complexity index is 415. The first-order chi connectivity index (χ1) is 8.70. The molecule has 100 valence electrons. The van der Waals surface area contributed by atoms with Gasteiger partial charge in [-0.3, -0.25) is 4.79 Å². The largest absolute Gasteiger partial charge is 0.481 e. The lowest BCUT2D eigenvalue weighted by Crippen LogP contribution is -2.17. The standard InChI is InChI=1S/C12H19N3O2S/c1-2-6-15-10(7-9-4-3-5-9)13-14-12(15)18-8-11(16)17/h9H,2-8H2,1H3,(H,16,17). The van der Waals surface area contributed by atoms with Gasteiger partial charge in [0.05, 0.1) is 5.75 Å². The van der Waals surface area contributed by atoms with Gasteiger partial charge in [-0.05, 0) is 12.3 Å². The third-order valence-electron chi connectivity index (χ3n) is 3.26. The van der Waals surface area contributed by atoms with E-state index in [1.165, 1.54) is 31.0 Å². The van der Waals surface area contributed by atoms with Gasteiger partial charge in [0, 0.05) is 13.0 Å². The monoisotopic (exact) mass is 269 g/mol. The Morgan fingerprint density at radius 2 is 2.28 bits per heavy atom. The molecule has 0 unspecified atom stereocenters. The van der Waals surface area contributed by atoms with Crippen LogP contribution in [0.4, 0.5) is 0 Å². The Labute approximate surface area is 111 Å². The summed E-state index contributed by atoms with van der Waals surface area (Å²) in [6.45, 7) is 2.98. The fourth-order valence-electron chi connectivity index (χ4n) is 2.11. The molecule has 1 aliphatic rings. The highest BCUT2D eigenvalue weighted by Crippen LogP contribution is 2.30. The molecule has 0 atom stereocenters. The van der Waals surface area contributed by atoms with Crippen molar-refractivity contribution in [3.63, 3.8) is 0 Å². The van der Waals surface area contributed by atoms with E-state index >= 15 is 0 Å². The first kappa shape index (κ1) is 13.4. The molecule has 0 amide bonds. The molecule has 1 heterocycles. The number of nitrogens with zero attached hydrogens (tertiary/aromatic N) is 3. The van der Waals surface area contributed by atoms with E-state index in [9.17, 15) is 4.79 Å². The second-order valence-electron chi connectivity index (χ2n) is 4.73. The Hall–Kier alpha value is -1.04. The number of carbonyl (C=O) groups is 1. The van der Waals surface area contributed by atoms with Crippen molar-refractivity contribution in [2.45, 2.75) is 50.7 Å². The zero-order valence-electron chi connectivity index (χ0n) is 10.6. The predicted octanol–water partition coefficient (Wildman–Crippen LogP) is 2.21. The summed E-state index contributed by atoms with van der Waals surface area (Å²) in [5, 5.41) is 17.8. The van der Waals surface area contributed by atoms with Gasteiger partial charge in [-0.2, -0.15) is 0 Å². The Balaban J connectivity index is 2.05. The first-order valence-electron chi connectivity index (χ1n) is 6.47. The van der Waals surface area contributed by atoms with Crippen LogP contribution in [-0.4, -0.2) is 31.6 Å². The molecule has 0 bridgehead atoms. The quantitative estimate of drug-likeness (QED) is 0.769. The van der Waals surface area contributed by atoms with Crippen LogP contribution in [-0.2, 0) is 17.8 Å². The second-order valence-corrected chi connectivity index (χ2v) is 5.68. The van der Waals surface area contributed by atoms with Gasteiger partial charge in [0.1, 0.15) is 5.82 Å². The van der Waals surface area contributed by atoms with Crippen molar-refractivity contribution >= 4 is 17.7 Å². The van der Waals surface area contributed by atoms with Crippen LogP contribution in [0.2, 0.25) is 0 Å². The zero-order valence-corrected chi connectivity index (χ0v) is 11.4. The molecule has 1 aromatic heterocycles. The molecule has 0 radical (unpaired) electrons. The van der Waals surface area contributed by atoms with E-state index in [0.29, 0.717) is 0 Å². The molecule has 2 rings (SSSR count). The van der Waals surface area contributed by atoms with E-state index in [1.54, 1.807) is 0 Å². The van der Waals surface area contributed by atoms with E-state index < -0.39 is 5.97 Å². The molecule has 1 aliphatic carbocycles. The van der Waals surface area contributed by atoms with Crippen molar-refractivity contribution in [1.29, 1.82) is 0 Å². The number of hydrogen-bond acceptors (Lipinski definition) is 4. The minimum Gasteiger partial charge on any atom is -0.481 e. The molecule has 5 nitrogen and oxygen atoms in total. The molecule has 1 N–H and O–H groups in total. The third-order valence-corrected chi connectivity index (χ3v) is 4.21. The molecular weight excluding hydrogens is 250 g/mol. The minimum atomic E-state index is -0.813. The highest BCUT2D eigenvalue weighted by molar-refractivity contribution is 7.99. The number of aromatic nitrogens is 3. The number of carboxylic acids is 1. The fourth-order valence-corrected chi connectivity index (χ4v) is 2.81. The Morgan fingerprint density at radius 1 is 1.50 bits per heavy atom. The van der Waals surface area contributed by atoms with Gasteiger partial charge in [0.2, 0.25) is 0 Å². The molecule has 1 aromatic rings. The van der Waals surface area contributed by atoms with Crippen LogP contribution < -0.4 is 0 Å². The van der Waals surface area contributed by atoms with Crippen LogP contribution in [0.5, 0.6) is 0 Å². The van der Waals surface area contributed by atoms with E-state index in [1.807, 2.05) is 0 Å². The van der Waals surface area contributed by atoms with Crippen LogP contribution >= 0.6 is 11.8 Å². The van der Waals surface area contributed by atoms with Crippen molar-refractivity contribution in [2.75, 3.05) is 5.75 Å². The van der Waals surface area contributed by atoms with E-state index in [0.717, 1.165) is 36.3 Å². The summed E-state index contributed by atoms with van der Waals surface area (Å²) in [6.07, 6.45) is 5.90. The van der Waals surface area contributed by atoms with Crippen LogP contribution in [0.25, 0.3) is 0 Å². The zero-order chi connectivity index (χ0) is 13.0. The summed E-state index contributed by atoms with van der Waals surface area (Å²) in [6, 6.07) is 0. The van der Waals surface area contributed by atoms with Gasteiger partial charge in [-0.15, -0.1) is 10.2 Å². The van der Waals surface area contributed by atoms with Gasteiger partial charge in [-0.1, -0.05) is 37.9 Å². The molecule has 0 aliphatic heterocycles. The Kier molecular flexibility index (Phi) is 4.63. The summed E-state index contributed by atoms with van der Waals surface area (Å²) >= 11 is 1.26. The maximum atomic E-state index is 10.6. The molecule has 1 saturated carbocycles. The van der Waals surface area contributed by atoms with Crippen LogP contribution in [0, 0.1) is 5.92 Å². The minimum absolute atomic E-state index is 0.0469. The topological polar surface area (TPSA) is 68.0 Å². The maximum Gasteiger partial charge on any atom is 0.313 e. The van der Waals surface area contributed by atoms with Gasteiger partial charge >= 0.3 is 5.97 Å². The number of aliphatic carboxylic acids is 1. The van der Waals surface area contributed by atoms with Crippen LogP contribution in [0.1, 0.15) is 38.4 Å². The van der Waals surface area contributed by atoms with Gasteiger partial charge in [0.25, 0.3) is 0 Å². The number of thioether (sulfide) groups is 1. The molecule has 0 aromatic carbocycles. The van der Waals surface area contributed by atoms with Crippen molar-refractivity contribution in [3.05, 3.63) is 5.82 Å². The average molecular weight is 269 g/mol. The molecule has 6 heteroatoms. The molecule has 0 spiro atoms. The van der Waals surface area contributed by atoms with Crippen molar-refractivity contribution < 1.29 is 9.90 Å². The SMILES string of the molecule is CCCn1c(CC2CCC2)nnc1SCC(=O)O. The summed E-state index contributed by atoms with van der Waals surface area (Å²) in [5.74, 6) is 1.01. The van der Waals surface area contributed by atoms with Crippen molar-refractivity contribution in [3.8, 4) is 0 Å². The van der Waals surface area contributed by atoms with Gasteiger partial charge in [-0.25, -0.2) is 0 Å². The van der Waals surface area contributed by atoms with E-state index in [-0.39, 0.29) is 5.75 Å². The highest BCUT2D eigenvalue weighted by Gasteiger charge is 2.22. The van der Waals surface area contributed by atoms with Gasteiger partial charge < -0.3 is 9.67 Å². The normalized spacial score (nSPS) is 15.6. The average Bonchev–Trinajstić information content (AvgIpc) is 2.64. The lowest BCUT2D eigenvalue weighted by Gasteiger charge is -2.24. The maximum absolute atomic E-state index is 10.6. The highest BCUT2D eigenvalue weighted by atomic mass is 32.2. The predicted molar refractivity (Wildman–Crippen MR) is 69.7 cm³/mol. The van der Waals surface area contributed by atoms with E-state index in [2.05, 4.69) is 21.7 Å². The lowest BCUT2D eigenvalue weighted by molar-refractivity contribution is -0.133. The van der Waals surface area contributed by atoms with Crippen molar-refractivity contribution in [1.82, 2.24) is 14.8 Å². The van der Waals surface area contributed by atoms with Crippen molar-refractivity contribution in [2.24, 2.45) is 5.92 Å². The molecule has 18 heavy (non-hydrogen) atoms. The van der Waals surface area contributed by atoms with Gasteiger partial charge in [0.15, 0.2) is 5.16 Å². The molecule has 0 saturated heterocycles. The molecular formula is C12H19N3O2S. The van der Waals surface area contributed by atoms with Crippen LogP contribution in [0.3, 0.4) is 0 Å². The number of hydrogen-bond donors (Lipinski definition) is 1. The smallest absolute Gasteiger partial charge is 0.313 e. The molecule has 1 fully saturated rings. The number of carboxylic acid groups (broad SMARTS) is 1.